The number of hydrogen-bond acceptors (Lipinski definition) is 3. The first kappa shape index (κ1) is 13.6. The summed E-state index contributed by atoms with van der Waals surface area (Å²) >= 11 is 0. The first-order chi connectivity index (χ1) is 8.42. The highest BCUT2D eigenvalue weighted by molar-refractivity contribution is 5.07. The molecule has 0 amide bonds. The predicted molar refractivity (Wildman–Crippen MR) is 74.4 cm³/mol. The first-order valence-electron chi connectivity index (χ1n) is 6.93. The molecule has 1 fully saturated rings. The maximum Gasteiger partial charge on any atom is 0.118 e. The van der Waals surface area contributed by atoms with Crippen molar-refractivity contribution >= 4 is 0 Å². The Hall–Kier alpha value is -0.800. The lowest BCUT2D eigenvalue weighted by Gasteiger charge is -2.19. The highest BCUT2D eigenvalue weighted by Crippen LogP contribution is 2.29. The fraction of sp³-hybridized carbons (Fsp3) is 0.733. The molecular formula is C15H26N2O. The lowest BCUT2D eigenvalue weighted by atomic mass is 10.1. The van der Waals surface area contributed by atoms with E-state index in [1.165, 1.54) is 19.4 Å². The fourth-order valence-electron chi connectivity index (χ4n) is 2.03. The van der Waals surface area contributed by atoms with Crippen molar-refractivity contribution in [2.75, 3.05) is 13.6 Å². The molecule has 0 aliphatic heterocycles. The zero-order valence-corrected chi connectivity index (χ0v) is 12.1. The Kier molecular flexibility index (Phi) is 4.13. The lowest BCUT2D eigenvalue weighted by Crippen LogP contribution is -2.34. The minimum absolute atomic E-state index is 0.135. The molecule has 102 valence electrons. The summed E-state index contributed by atoms with van der Waals surface area (Å²) in [7, 11) is 2.17. The molecule has 0 radical (unpaired) electrons. The molecule has 1 aliphatic carbocycles. The summed E-state index contributed by atoms with van der Waals surface area (Å²) in [5.74, 6) is 3.04. The van der Waals surface area contributed by atoms with Crippen LogP contribution in [0.5, 0.6) is 0 Å². The van der Waals surface area contributed by atoms with Crippen LogP contribution in [0.15, 0.2) is 16.5 Å². The normalized spacial score (nSPS) is 16.5. The Morgan fingerprint density at radius 1 is 1.28 bits per heavy atom. The maximum atomic E-state index is 5.85. The Bertz CT molecular complexity index is 374. The zero-order valence-electron chi connectivity index (χ0n) is 12.1. The van der Waals surface area contributed by atoms with E-state index in [0.29, 0.717) is 0 Å². The molecule has 2 rings (SSSR count). The standard InChI is InChI=1S/C15H26N2O/c1-15(2,3)16-9-13-7-8-14(18-13)11-17(4)10-12-5-6-12/h7-8,12,16H,5-6,9-11H2,1-4H3. The van der Waals surface area contributed by atoms with Crippen LogP contribution in [0, 0.1) is 5.92 Å². The van der Waals surface area contributed by atoms with Crippen molar-refractivity contribution in [1.29, 1.82) is 0 Å². The summed E-state index contributed by atoms with van der Waals surface area (Å²) in [6, 6.07) is 4.18. The van der Waals surface area contributed by atoms with Gasteiger partial charge >= 0.3 is 0 Å². The van der Waals surface area contributed by atoms with Gasteiger partial charge in [-0.25, -0.2) is 0 Å². The number of furan rings is 1. The summed E-state index contributed by atoms with van der Waals surface area (Å²) in [5, 5.41) is 3.44. The van der Waals surface area contributed by atoms with Crippen molar-refractivity contribution < 1.29 is 4.42 Å². The second-order valence-electron chi connectivity index (χ2n) is 6.61. The molecular weight excluding hydrogens is 224 g/mol. The molecule has 1 heterocycles. The van der Waals surface area contributed by atoms with Crippen molar-refractivity contribution in [3.8, 4) is 0 Å². The highest BCUT2D eigenvalue weighted by Gasteiger charge is 2.23. The van der Waals surface area contributed by atoms with E-state index in [2.05, 4.69) is 50.2 Å². The van der Waals surface area contributed by atoms with Gasteiger partial charge in [-0.3, -0.25) is 4.90 Å². The molecule has 0 spiro atoms. The van der Waals surface area contributed by atoms with Gasteiger partial charge in [-0.15, -0.1) is 0 Å². The predicted octanol–water partition coefficient (Wildman–Crippen LogP) is 3.01. The third-order valence-corrected chi connectivity index (χ3v) is 3.20. The van der Waals surface area contributed by atoms with Crippen molar-refractivity contribution in [3.05, 3.63) is 23.7 Å². The van der Waals surface area contributed by atoms with Crippen molar-refractivity contribution in [1.82, 2.24) is 10.2 Å². The molecule has 1 aromatic rings. The van der Waals surface area contributed by atoms with E-state index in [1.54, 1.807) is 0 Å². The van der Waals surface area contributed by atoms with E-state index in [4.69, 9.17) is 4.42 Å². The smallest absolute Gasteiger partial charge is 0.118 e. The van der Waals surface area contributed by atoms with E-state index < -0.39 is 0 Å². The van der Waals surface area contributed by atoms with Crippen LogP contribution in [0.25, 0.3) is 0 Å². The van der Waals surface area contributed by atoms with Gasteiger partial charge in [0.2, 0.25) is 0 Å². The van der Waals surface area contributed by atoms with E-state index >= 15 is 0 Å². The molecule has 3 heteroatoms. The molecule has 0 saturated heterocycles. The molecule has 18 heavy (non-hydrogen) atoms. The van der Waals surface area contributed by atoms with Crippen LogP contribution in [0.4, 0.5) is 0 Å². The third kappa shape index (κ3) is 4.83. The second kappa shape index (κ2) is 5.45. The number of rotatable bonds is 6. The van der Waals surface area contributed by atoms with Crippen LogP contribution in [0.2, 0.25) is 0 Å². The second-order valence-corrected chi connectivity index (χ2v) is 6.61. The van der Waals surface area contributed by atoms with Crippen LogP contribution >= 0.6 is 0 Å². The van der Waals surface area contributed by atoms with Gasteiger partial charge in [0.1, 0.15) is 11.5 Å². The van der Waals surface area contributed by atoms with Crippen LogP contribution in [0.3, 0.4) is 0 Å². The molecule has 0 aromatic carbocycles. The topological polar surface area (TPSA) is 28.4 Å². The summed E-state index contributed by atoms with van der Waals surface area (Å²) in [6.45, 7) is 9.43. The van der Waals surface area contributed by atoms with Gasteiger partial charge in [-0.05, 0) is 58.7 Å². The number of hydrogen-bond donors (Lipinski definition) is 1. The molecule has 3 nitrogen and oxygen atoms in total. The van der Waals surface area contributed by atoms with Crippen LogP contribution < -0.4 is 5.32 Å². The van der Waals surface area contributed by atoms with E-state index in [9.17, 15) is 0 Å². The van der Waals surface area contributed by atoms with Crippen molar-refractivity contribution in [2.24, 2.45) is 5.92 Å². The maximum absolute atomic E-state index is 5.85. The van der Waals surface area contributed by atoms with Gasteiger partial charge in [0.05, 0.1) is 13.1 Å². The monoisotopic (exact) mass is 250 g/mol. The average molecular weight is 250 g/mol. The SMILES string of the molecule is CN(Cc1ccc(CNC(C)(C)C)o1)CC1CC1. The van der Waals surface area contributed by atoms with E-state index in [-0.39, 0.29) is 5.54 Å². The van der Waals surface area contributed by atoms with Gasteiger partial charge in [0, 0.05) is 12.1 Å². The molecule has 1 aliphatic rings. The zero-order chi connectivity index (χ0) is 13.2. The number of nitrogens with one attached hydrogen (secondary N) is 1. The van der Waals surface area contributed by atoms with Crippen LogP contribution in [-0.4, -0.2) is 24.0 Å². The Morgan fingerprint density at radius 2 is 1.94 bits per heavy atom. The summed E-state index contributed by atoms with van der Waals surface area (Å²) < 4.78 is 5.85. The summed E-state index contributed by atoms with van der Waals surface area (Å²) in [4.78, 5) is 2.36. The molecule has 0 unspecified atom stereocenters. The van der Waals surface area contributed by atoms with Crippen LogP contribution in [0.1, 0.15) is 45.1 Å². The Labute approximate surface area is 111 Å². The third-order valence-electron chi connectivity index (χ3n) is 3.20. The van der Waals surface area contributed by atoms with Crippen molar-refractivity contribution in [3.63, 3.8) is 0 Å². The number of nitrogens with zero attached hydrogens (tertiary/aromatic N) is 1. The largest absolute Gasteiger partial charge is 0.463 e. The minimum Gasteiger partial charge on any atom is -0.463 e. The fourth-order valence-corrected chi connectivity index (χ4v) is 2.03. The van der Waals surface area contributed by atoms with E-state index in [0.717, 1.165) is 30.5 Å². The molecule has 1 N–H and O–H groups in total. The molecule has 0 atom stereocenters. The molecule has 0 bridgehead atoms. The quantitative estimate of drug-likeness (QED) is 0.841. The van der Waals surface area contributed by atoms with Gasteiger partial charge in [-0.1, -0.05) is 0 Å². The first-order valence-corrected chi connectivity index (χ1v) is 6.93. The lowest BCUT2D eigenvalue weighted by molar-refractivity contribution is 0.277. The summed E-state index contributed by atoms with van der Waals surface area (Å²) in [6.07, 6.45) is 2.81. The molecule has 1 saturated carbocycles. The van der Waals surface area contributed by atoms with Crippen molar-refractivity contribution in [2.45, 2.75) is 52.2 Å². The van der Waals surface area contributed by atoms with Gasteiger partial charge in [0.15, 0.2) is 0 Å². The van der Waals surface area contributed by atoms with Gasteiger partial charge < -0.3 is 9.73 Å². The van der Waals surface area contributed by atoms with Crippen LogP contribution in [-0.2, 0) is 13.1 Å². The highest BCUT2D eigenvalue weighted by atomic mass is 16.3. The van der Waals surface area contributed by atoms with Gasteiger partial charge in [-0.2, -0.15) is 0 Å². The van der Waals surface area contributed by atoms with E-state index in [1.807, 2.05) is 0 Å². The molecule has 1 aromatic heterocycles. The Morgan fingerprint density at radius 3 is 2.56 bits per heavy atom. The average Bonchev–Trinajstić information content (AvgIpc) is 2.93. The minimum atomic E-state index is 0.135. The summed E-state index contributed by atoms with van der Waals surface area (Å²) in [5.41, 5.74) is 0.135. The Balaban J connectivity index is 1.77. The van der Waals surface area contributed by atoms with Gasteiger partial charge in [0.25, 0.3) is 0 Å².